The minimum Gasteiger partial charge on any atom is -0.392 e. The van der Waals surface area contributed by atoms with Gasteiger partial charge in [0.2, 0.25) is 0 Å². The van der Waals surface area contributed by atoms with E-state index in [4.69, 9.17) is 0 Å². The predicted molar refractivity (Wildman–Crippen MR) is 99.1 cm³/mol. The van der Waals surface area contributed by atoms with Crippen LogP contribution >= 0.6 is 0 Å². The van der Waals surface area contributed by atoms with Crippen LogP contribution in [0.4, 0.5) is 0 Å². The van der Waals surface area contributed by atoms with Crippen molar-refractivity contribution in [2.24, 2.45) is 0 Å². The number of rotatable bonds is 7. The van der Waals surface area contributed by atoms with Crippen LogP contribution in [0.3, 0.4) is 0 Å². The van der Waals surface area contributed by atoms with E-state index in [0.29, 0.717) is 12.6 Å². The summed E-state index contributed by atoms with van der Waals surface area (Å²) in [6.07, 6.45) is -0.390. The van der Waals surface area contributed by atoms with Crippen molar-refractivity contribution in [2.75, 3.05) is 6.54 Å². The first-order chi connectivity index (χ1) is 11.3. The number of aliphatic hydroxyl groups is 2. The van der Waals surface area contributed by atoms with Gasteiger partial charge in [0.25, 0.3) is 0 Å². The topological polar surface area (TPSA) is 52.5 Å². The van der Waals surface area contributed by atoms with Crippen LogP contribution in [0.2, 0.25) is 0 Å². The molecule has 0 bridgehead atoms. The third kappa shape index (κ3) is 4.23. The van der Waals surface area contributed by atoms with Crippen molar-refractivity contribution in [3.8, 4) is 0 Å². The van der Waals surface area contributed by atoms with Crippen LogP contribution in [0.15, 0.2) is 48.5 Å². The molecule has 3 nitrogen and oxygen atoms in total. The standard InChI is InChI=1S/C21H29NO2/c1-15(2)22-14-19(23)13-21(24,18-11-6-5-7-12-18)20-16(3)9-8-10-17(20)4/h5-12,15,19,22-24H,13-14H2,1-4H3. The SMILES string of the molecule is Cc1cccc(C)c1C(O)(CC(O)CNC(C)C)c1ccccc1. The van der Waals surface area contributed by atoms with Gasteiger partial charge in [0, 0.05) is 19.0 Å². The normalized spacial score (nSPS) is 15.3. The lowest BCUT2D eigenvalue weighted by Gasteiger charge is -2.34. The molecule has 0 aliphatic rings. The molecule has 0 fully saturated rings. The molecule has 0 aliphatic carbocycles. The Balaban J connectivity index is 2.43. The number of aryl methyl sites for hydroxylation is 2. The second kappa shape index (κ2) is 7.93. The highest BCUT2D eigenvalue weighted by atomic mass is 16.3. The maximum Gasteiger partial charge on any atom is 0.118 e. The summed E-state index contributed by atoms with van der Waals surface area (Å²) in [6, 6.07) is 15.9. The molecule has 0 heterocycles. The minimum absolute atomic E-state index is 0.252. The van der Waals surface area contributed by atoms with Gasteiger partial charge in [-0.05, 0) is 36.1 Å². The fourth-order valence-electron chi connectivity index (χ4n) is 3.33. The maximum atomic E-state index is 11.7. The summed E-state index contributed by atoms with van der Waals surface area (Å²) in [5, 5.41) is 25.4. The van der Waals surface area contributed by atoms with E-state index >= 15 is 0 Å². The highest BCUT2D eigenvalue weighted by molar-refractivity contribution is 5.45. The minimum atomic E-state index is -1.21. The molecule has 0 saturated heterocycles. The van der Waals surface area contributed by atoms with Crippen molar-refractivity contribution in [3.63, 3.8) is 0 Å². The summed E-state index contributed by atoms with van der Waals surface area (Å²) in [7, 11) is 0. The molecule has 2 rings (SSSR count). The molecule has 130 valence electrons. The Morgan fingerprint density at radius 3 is 2.08 bits per heavy atom. The van der Waals surface area contributed by atoms with Gasteiger partial charge in [-0.2, -0.15) is 0 Å². The molecule has 3 heteroatoms. The first kappa shape index (κ1) is 18.7. The Labute approximate surface area is 145 Å². The highest BCUT2D eigenvalue weighted by Gasteiger charge is 2.36. The summed E-state index contributed by atoms with van der Waals surface area (Å²) in [4.78, 5) is 0. The average Bonchev–Trinajstić information content (AvgIpc) is 2.53. The van der Waals surface area contributed by atoms with Gasteiger partial charge in [-0.1, -0.05) is 62.4 Å². The lowest BCUT2D eigenvalue weighted by atomic mass is 9.78. The molecule has 0 aliphatic heterocycles. The lowest BCUT2D eigenvalue weighted by molar-refractivity contribution is 0.0164. The summed E-state index contributed by atoms with van der Waals surface area (Å²) >= 11 is 0. The number of hydrogen-bond acceptors (Lipinski definition) is 3. The largest absolute Gasteiger partial charge is 0.392 e. The average molecular weight is 327 g/mol. The van der Waals surface area contributed by atoms with E-state index in [-0.39, 0.29) is 6.42 Å². The summed E-state index contributed by atoms with van der Waals surface area (Å²) in [5.74, 6) is 0. The Bertz CT molecular complexity index is 634. The van der Waals surface area contributed by atoms with Crippen LogP contribution in [0, 0.1) is 13.8 Å². The van der Waals surface area contributed by atoms with Crippen LogP contribution in [0.5, 0.6) is 0 Å². The molecule has 2 aromatic rings. The molecule has 24 heavy (non-hydrogen) atoms. The number of aliphatic hydroxyl groups excluding tert-OH is 1. The van der Waals surface area contributed by atoms with Gasteiger partial charge in [0.05, 0.1) is 6.10 Å². The molecule has 2 aromatic carbocycles. The van der Waals surface area contributed by atoms with E-state index < -0.39 is 11.7 Å². The van der Waals surface area contributed by atoms with E-state index in [0.717, 1.165) is 22.3 Å². The van der Waals surface area contributed by atoms with Crippen molar-refractivity contribution in [1.29, 1.82) is 0 Å². The summed E-state index contributed by atoms with van der Waals surface area (Å²) < 4.78 is 0. The Morgan fingerprint density at radius 1 is 0.958 bits per heavy atom. The van der Waals surface area contributed by atoms with Crippen molar-refractivity contribution in [2.45, 2.75) is 51.9 Å². The van der Waals surface area contributed by atoms with Gasteiger partial charge < -0.3 is 15.5 Å². The molecule has 3 N–H and O–H groups in total. The third-order valence-corrected chi connectivity index (χ3v) is 4.44. The second-order valence-corrected chi connectivity index (χ2v) is 6.91. The molecule has 2 atom stereocenters. The first-order valence-electron chi connectivity index (χ1n) is 8.60. The maximum absolute atomic E-state index is 11.7. The van der Waals surface area contributed by atoms with Crippen LogP contribution < -0.4 is 5.32 Å². The molecule has 2 unspecified atom stereocenters. The van der Waals surface area contributed by atoms with Crippen LogP contribution in [0.1, 0.15) is 42.5 Å². The van der Waals surface area contributed by atoms with E-state index in [1.165, 1.54) is 0 Å². The van der Waals surface area contributed by atoms with Gasteiger partial charge in [-0.25, -0.2) is 0 Å². The lowest BCUT2D eigenvalue weighted by Crippen LogP contribution is -2.39. The van der Waals surface area contributed by atoms with Gasteiger partial charge in [0.15, 0.2) is 0 Å². The summed E-state index contributed by atoms with van der Waals surface area (Å²) in [6.45, 7) is 8.56. The molecule has 0 radical (unpaired) electrons. The summed E-state index contributed by atoms with van der Waals surface area (Å²) in [5.41, 5.74) is 2.55. The van der Waals surface area contributed by atoms with Crippen LogP contribution in [0.25, 0.3) is 0 Å². The Kier molecular flexibility index (Phi) is 6.16. The van der Waals surface area contributed by atoms with E-state index in [1.54, 1.807) is 0 Å². The molecule has 0 aromatic heterocycles. The fraction of sp³-hybridized carbons (Fsp3) is 0.429. The highest BCUT2D eigenvalue weighted by Crippen LogP contribution is 2.37. The fourth-order valence-corrected chi connectivity index (χ4v) is 3.33. The Hall–Kier alpha value is -1.68. The second-order valence-electron chi connectivity index (χ2n) is 6.91. The quantitative estimate of drug-likeness (QED) is 0.731. The van der Waals surface area contributed by atoms with Gasteiger partial charge in [-0.15, -0.1) is 0 Å². The zero-order valence-electron chi connectivity index (χ0n) is 15.1. The zero-order valence-corrected chi connectivity index (χ0v) is 15.1. The Morgan fingerprint density at radius 2 is 1.54 bits per heavy atom. The predicted octanol–water partition coefficient (Wildman–Crippen LogP) is 3.29. The van der Waals surface area contributed by atoms with Crippen molar-refractivity contribution in [3.05, 3.63) is 70.8 Å². The molecule has 0 saturated carbocycles. The molecule has 0 amide bonds. The van der Waals surface area contributed by atoms with E-state index in [1.807, 2.05) is 76.2 Å². The molecule has 0 spiro atoms. The van der Waals surface area contributed by atoms with Crippen molar-refractivity contribution < 1.29 is 10.2 Å². The van der Waals surface area contributed by atoms with E-state index in [2.05, 4.69) is 5.32 Å². The zero-order chi connectivity index (χ0) is 17.7. The number of hydrogen-bond donors (Lipinski definition) is 3. The third-order valence-electron chi connectivity index (χ3n) is 4.44. The molecular formula is C21H29NO2. The van der Waals surface area contributed by atoms with Crippen molar-refractivity contribution in [1.82, 2.24) is 5.32 Å². The van der Waals surface area contributed by atoms with Gasteiger partial charge in [-0.3, -0.25) is 0 Å². The van der Waals surface area contributed by atoms with Crippen LogP contribution in [-0.2, 0) is 5.60 Å². The van der Waals surface area contributed by atoms with Gasteiger partial charge >= 0.3 is 0 Å². The number of nitrogens with one attached hydrogen (secondary N) is 1. The van der Waals surface area contributed by atoms with Gasteiger partial charge in [0.1, 0.15) is 5.60 Å². The number of benzene rings is 2. The van der Waals surface area contributed by atoms with E-state index in [9.17, 15) is 10.2 Å². The van der Waals surface area contributed by atoms with Crippen molar-refractivity contribution >= 4 is 0 Å². The first-order valence-corrected chi connectivity index (χ1v) is 8.60. The van der Waals surface area contributed by atoms with Crippen LogP contribution in [-0.4, -0.2) is 28.9 Å². The smallest absolute Gasteiger partial charge is 0.118 e. The monoisotopic (exact) mass is 327 g/mol. The molecular weight excluding hydrogens is 298 g/mol.